The lowest BCUT2D eigenvalue weighted by Crippen LogP contribution is -2.46. The summed E-state index contributed by atoms with van der Waals surface area (Å²) in [5.41, 5.74) is 1.13. The van der Waals surface area contributed by atoms with E-state index in [4.69, 9.17) is 4.74 Å². The molecular formula is C18H20F4N2O3. The molecule has 148 valence electrons. The van der Waals surface area contributed by atoms with Crippen LogP contribution >= 0.6 is 0 Å². The van der Waals surface area contributed by atoms with Crippen LogP contribution in [0.25, 0.3) is 11.3 Å². The van der Waals surface area contributed by atoms with E-state index in [0.717, 1.165) is 18.2 Å². The van der Waals surface area contributed by atoms with Gasteiger partial charge in [-0.2, -0.15) is 13.2 Å². The van der Waals surface area contributed by atoms with E-state index in [2.05, 4.69) is 10.7 Å². The lowest BCUT2D eigenvalue weighted by molar-refractivity contribution is -0.279. The van der Waals surface area contributed by atoms with Gasteiger partial charge < -0.3 is 20.7 Å². The van der Waals surface area contributed by atoms with Crippen molar-refractivity contribution < 1.29 is 32.5 Å². The van der Waals surface area contributed by atoms with Gasteiger partial charge in [0, 0.05) is 17.0 Å². The maximum absolute atomic E-state index is 13.3. The first-order valence-corrected chi connectivity index (χ1v) is 8.09. The minimum Gasteiger partial charge on any atom is -0.490 e. The van der Waals surface area contributed by atoms with Crippen LogP contribution in [0.2, 0.25) is 0 Å². The second-order valence-electron chi connectivity index (χ2n) is 6.01. The summed E-state index contributed by atoms with van der Waals surface area (Å²) in [6.45, 7) is 0.439. The summed E-state index contributed by atoms with van der Waals surface area (Å²) < 4.78 is 58.6. The van der Waals surface area contributed by atoms with Crippen molar-refractivity contribution in [2.75, 3.05) is 20.3 Å². The van der Waals surface area contributed by atoms with Crippen molar-refractivity contribution in [2.45, 2.75) is 24.6 Å². The number of fused-ring (bicyclic) bond motifs is 1. The topological polar surface area (TPSA) is 88.6 Å². The van der Waals surface area contributed by atoms with E-state index in [9.17, 15) is 27.8 Å². The SMILES string of the molecule is CC1COc2c1cc([C@@](O)(CO)C(F)(F)F)nc2-c1ccc(F)cc1.CN. The molecule has 4 N–H and O–H groups in total. The molecule has 2 atom stereocenters. The smallest absolute Gasteiger partial charge is 0.425 e. The van der Waals surface area contributed by atoms with E-state index in [0.29, 0.717) is 16.9 Å². The van der Waals surface area contributed by atoms with E-state index in [1.807, 2.05) is 0 Å². The predicted octanol–water partition coefficient (Wildman–Crippen LogP) is 2.70. The van der Waals surface area contributed by atoms with Gasteiger partial charge in [-0.15, -0.1) is 0 Å². The average molecular weight is 388 g/mol. The number of hydrogen-bond donors (Lipinski definition) is 3. The molecule has 0 aliphatic carbocycles. The molecule has 0 spiro atoms. The first-order chi connectivity index (χ1) is 12.7. The highest BCUT2D eigenvalue weighted by Gasteiger charge is 2.56. The molecule has 9 heteroatoms. The number of hydrogen-bond acceptors (Lipinski definition) is 5. The number of aliphatic hydroxyl groups is 2. The predicted molar refractivity (Wildman–Crippen MR) is 90.7 cm³/mol. The van der Waals surface area contributed by atoms with Crippen LogP contribution in [0.4, 0.5) is 17.6 Å². The third kappa shape index (κ3) is 3.76. The van der Waals surface area contributed by atoms with Crippen LogP contribution in [0.3, 0.4) is 0 Å². The van der Waals surface area contributed by atoms with Gasteiger partial charge in [-0.05, 0) is 37.4 Å². The van der Waals surface area contributed by atoms with Crippen LogP contribution in [-0.4, -0.2) is 41.6 Å². The minimum absolute atomic E-state index is 0.0629. The summed E-state index contributed by atoms with van der Waals surface area (Å²) >= 11 is 0. The zero-order chi connectivity index (χ0) is 20.4. The molecule has 1 aliphatic rings. The van der Waals surface area contributed by atoms with E-state index in [1.54, 1.807) is 6.92 Å². The van der Waals surface area contributed by atoms with Crippen molar-refractivity contribution in [2.24, 2.45) is 5.73 Å². The molecule has 1 aromatic heterocycles. The Kier molecular flexibility index (Phi) is 6.08. The van der Waals surface area contributed by atoms with Crippen molar-refractivity contribution >= 4 is 0 Å². The highest BCUT2D eigenvalue weighted by Crippen LogP contribution is 2.45. The number of aliphatic hydroxyl groups excluding tert-OH is 1. The van der Waals surface area contributed by atoms with Gasteiger partial charge in [-0.1, -0.05) is 6.92 Å². The Balaban J connectivity index is 0.00000126. The number of benzene rings is 1. The third-order valence-corrected chi connectivity index (χ3v) is 4.25. The molecule has 0 radical (unpaired) electrons. The van der Waals surface area contributed by atoms with Crippen LogP contribution in [0, 0.1) is 5.82 Å². The molecule has 0 bridgehead atoms. The number of aromatic nitrogens is 1. The van der Waals surface area contributed by atoms with Crippen LogP contribution in [0.1, 0.15) is 24.1 Å². The quantitative estimate of drug-likeness (QED) is 0.704. The van der Waals surface area contributed by atoms with Gasteiger partial charge >= 0.3 is 6.18 Å². The standard InChI is InChI=1S/C17H15F4NO3.CH5N/c1-9-7-25-15-12(9)6-13(16(24,8-23)17(19,20)21)22-14(15)10-2-4-11(18)5-3-10;1-2/h2-6,9,23-24H,7-8H2,1H3;2H2,1H3/t9?,16-;/m0./s1. The van der Waals surface area contributed by atoms with Crippen molar-refractivity contribution in [1.82, 2.24) is 4.98 Å². The lowest BCUT2D eigenvalue weighted by atomic mass is 9.93. The van der Waals surface area contributed by atoms with Crippen LogP contribution in [-0.2, 0) is 5.60 Å². The molecule has 0 fully saturated rings. The number of rotatable bonds is 3. The number of alkyl halides is 3. The first kappa shape index (κ1) is 21.1. The number of nitrogens with two attached hydrogens (primary N) is 1. The van der Waals surface area contributed by atoms with Gasteiger partial charge in [-0.25, -0.2) is 9.37 Å². The monoisotopic (exact) mass is 388 g/mol. The molecule has 3 rings (SSSR count). The van der Waals surface area contributed by atoms with E-state index < -0.39 is 29.9 Å². The van der Waals surface area contributed by atoms with Crippen molar-refractivity contribution in [1.29, 1.82) is 0 Å². The number of nitrogens with zero attached hydrogens (tertiary/aromatic N) is 1. The highest BCUT2D eigenvalue weighted by atomic mass is 19.4. The van der Waals surface area contributed by atoms with E-state index in [-0.39, 0.29) is 18.2 Å². The number of pyridine rings is 1. The second kappa shape index (κ2) is 7.79. The fourth-order valence-electron chi connectivity index (χ4n) is 2.70. The Hall–Kier alpha value is -2.23. The average Bonchev–Trinajstić information content (AvgIpc) is 3.03. The molecule has 1 aliphatic heterocycles. The molecule has 5 nitrogen and oxygen atoms in total. The summed E-state index contributed by atoms with van der Waals surface area (Å²) in [6.07, 6.45) is -5.12. The second-order valence-corrected chi connectivity index (χ2v) is 6.01. The van der Waals surface area contributed by atoms with E-state index in [1.165, 1.54) is 19.2 Å². The van der Waals surface area contributed by atoms with Gasteiger partial charge in [0.25, 0.3) is 0 Å². The summed E-state index contributed by atoms with van der Waals surface area (Å²) in [7, 11) is 1.50. The molecule has 0 saturated heterocycles. The van der Waals surface area contributed by atoms with Crippen molar-refractivity contribution in [3.8, 4) is 17.0 Å². The minimum atomic E-state index is -5.12. The Morgan fingerprint density at radius 3 is 2.33 bits per heavy atom. The Morgan fingerprint density at radius 1 is 1.22 bits per heavy atom. The molecule has 2 aromatic rings. The first-order valence-electron chi connectivity index (χ1n) is 8.09. The van der Waals surface area contributed by atoms with Gasteiger partial charge in [0.1, 0.15) is 17.3 Å². The van der Waals surface area contributed by atoms with Crippen molar-refractivity contribution in [3.05, 3.63) is 47.4 Å². The zero-order valence-electron chi connectivity index (χ0n) is 14.7. The maximum Gasteiger partial charge on any atom is 0.425 e. The summed E-state index contributed by atoms with van der Waals surface area (Å²) in [5.74, 6) is -0.426. The molecule has 0 amide bonds. The fourth-order valence-corrected chi connectivity index (χ4v) is 2.70. The van der Waals surface area contributed by atoms with Crippen molar-refractivity contribution in [3.63, 3.8) is 0 Å². The molecule has 0 saturated carbocycles. The maximum atomic E-state index is 13.3. The molecule has 27 heavy (non-hydrogen) atoms. The zero-order valence-corrected chi connectivity index (χ0v) is 14.7. The molecule has 1 unspecified atom stereocenters. The van der Waals surface area contributed by atoms with Gasteiger partial charge in [-0.3, -0.25) is 0 Å². The summed E-state index contributed by atoms with van der Waals surface area (Å²) in [6, 6.07) is 6.12. The fraction of sp³-hybridized carbons (Fsp3) is 0.389. The Morgan fingerprint density at radius 2 is 1.81 bits per heavy atom. The normalized spacial score (nSPS) is 18.0. The van der Waals surface area contributed by atoms with Gasteiger partial charge in [0.15, 0.2) is 0 Å². The van der Waals surface area contributed by atoms with Crippen LogP contribution < -0.4 is 10.5 Å². The Labute approximate surface area is 153 Å². The van der Waals surface area contributed by atoms with Gasteiger partial charge in [0.2, 0.25) is 5.60 Å². The van der Waals surface area contributed by atoms with Crippen LogP contribution in [0.5, 0.6) is 5.75 Å². The molecular weight excluding hydrogens is 368 g/mol. The Bertz CT molecular complexity index is 796. The summed E-state index contributed by atoms with van der Waals surface area (Å²) in [4.78, 5) is 3.91. The van der Waals surface area contributed by atoms with Crippen LogP contribution in [0.15, 0.2) is 30.3 Å². The number of ether oxygens (including phenoxy) is 1. The molecule has 1 aromatic carbocycles. The van der Waals surface area contributed by atoms with E-state index >= 15 is 0 Å². The summed E-state index contributed by atoms with van der Waals surface area (Å²) in [5, 5.41) is 19.2. The van der Waals surface area contributed by atoms with Gasteiger partial charge in [0.05, 0.1) is 18.9 Å². The third-order valence-electron chi connectivity index (χ3n) is 4.25. The lowest BCUT2D eigenvalue weighted by Gasteiger charge is -2.28. The number of halogens is 4. The largest absolute Gasteiger partial charge is 0.490 e. The molecule has 2 heterocycles. The highest BCUT2D eigenvalue weighted by molar-refractivity contribution is 5.70.